The minimum absolute atomic E-state index is 0.211. The summed E-state index contributed by atoms with van der Waals surface area (Å²) in [6, 6.07) is 0. The van der Waals surface area contributed by atoms with Crippen LogP contribution in [-0.4, -0.2) is 24.8 Å². The van der Waals surface area contributed by atoms with E-state index in [4.69, 9.17) is 4.74 Å². The Kier molecular flexibility index (Phi) is 6.85. The molecule has 0 saturated heterocycles. The molecule has 0 bridgehead atoms. The summed E-state index contributed by atoms with van der Waals surface area (Å²) < 4.78 is 5.57. The number of hydrogen-bond donors (Lipinski definition) is 1. The molecule has 0 spiro atoms. The van der Waals surface area contributed by atoms with Crippen LogP contribution >= 0.6 is 0 Å². The van der Waals surface area contributed by atoms with Gasteiger partial charge in [-0.15, -0.1) is 0 Å². The van der Waals surface area contributed by atoms with Gasteiger partial charge in [-0.2, -0.15) is 0 Å². The fourth-order valence-corrected chi connectivity index (χ4v) is 1.05. The second-order valence-corrected chi connectivity index (χ2v) is 4.68. The number of allylic oxidation sites excluding steroid dienone is 1. The van der Waals surface area contributed by atoms with E-state index >= 15 is 0 Å². The van der Waals surface area contributed by atoms with E-state index in [9.17, 15) is 0 Å². The molecular formula is C12H25NO. The molecule has 1 atom stereocenters. The predicted octanol–water partition coefficient (Wildman–Crippen LogP) is 2.75. The summed E-state index contributed by atoms with van der Waals surface area (Å²) >= 11 is 0. The Bertz CT molecular complexity index is 158. The lowest BCUT2D eigenvalue weighted by Crippen LogP contribution is -2.37. The van der Waals surface area contributed by atoms with Crippen molar-refractivity contribution in [1.82, 2.24) is 5.32 Å². The molecule has 1 N–H and O–H groups in total. The normalized spacial score (nSPS) is 14.9. The maximum absolute atomic E-state index is 5.57. The Morgan fingerprint density at radius 1 is 1.36 bits per heavy atom. The predicted molar refractivity (Wildman–Crippen MR) is 62.6 cm³/mol. The van der Waals surface area contributed by atoms with Gasteiger partial charge >= 0.3 is 0 Å². The van der Waals surface area contributed by atoms with Crippen molar-refractivity contribution in [3.8, 4) is 0 Å². The van der Waals surface area contributed by atoms with E-state index in [0.717, 1.165) is 19.6 Å². The van der Waals surface area contributed by atoms with Crippen molar-refractivity contribution < 1.29 is 4.74 Å². The van der Waals surface area contributed by atoms with Crippen molar-refractivity contribution in [2.45, 2.75) is 52.7 Å². The Morgan fingerprint density at radius 2 is 2.00 bits per heavy atom. The van der Waals surface area contributed by atoms with Crippen LogP contribution in [0.4, 0.5) is 0 Å². The highest BCUT2D eigenvalue weighted by Gasteiger charge is 2.09. The maximum Gasteiger partial charge on any atom is 0.0650 e. The fraction of sp³-hybridized carbons (Fsp3) is 0.833. The van der Waals surface area contributed by atoms with E-state index in [1.807, 2.05) is 19.1 Å². The molecule has 0 aliphatic carbocycles. The Hall–Kier alpha value is -0.340. The molecule has 1 unspecified atom stereocenters. The monoisotopic (exact) mass is 199 g/mol. The smallest absolute Gasteiger partial charge is 0.0650 e. The molecular weight excluding hydrogens is 174 g/mol. The van der Waals surface area contributed by atoms with Crippen molar-refractivity contribution >= 4 is 0 Å². The van der Waals surface area contributed by atoms with E-state index in [-0.39, 0.29) is 5.54 Å². The molecule has 0 aliphatic heterocycles. The highest BCUT2D eigenvalue weighted by atomic mass is 16.5. The molecule has 2 heteroatoms. The molecule has 84 valence electrons. The van der Waals surface area contributed by atoms with Crippen molar-refractivity contribution in [3.05, 3.63) is 12.2 Å². The van der Waals surface area contributed by atoms with Gasteiger partial charge in [-0.05, 0) is 47.6 Å². The van der Waals surface area contributed by atoms with Crippen LogP contribution in [-0.2, 0) is 4.74 Å². The standard InChI is InChI=1S/C12H25NO/c1-6-7-10-14-11(2)8-9-13-12(3,4)5/h6-7,11,13H,8-10H2,1-5H3. The van der Waals surface area contributed by atoms with Gasteiger partial charge in [-0.1, -0.05) is 12.2 Å². The summed E-state index contributed by atoms with van der Waals surface area (Å²) in [7, 11) is 0. The van der Waals surface area contributed by atoms with Gasteiger partial charge in [0.2, 0.25) is 0 Å². The summed E-state index contributed by atoms with van der Waals surface area (Å²) in [5.41, 5.74) is 0.211. The van der Waals surface area contributed by atoms with Crippen LogP contribution < -0.4 is 5.32 Å². The van der Waals surface area contributed by atoms with Crippen molar-refractivity contribution in [2.24, 2.45) is 0 Å². The zero-order chi connectivity index (χ0) is 11.0. The lowest BCUT2D eigenvalue weighted by Gasteiger charge is -2.21. The summed E-state index contributed by atoms with van der Waals surface area (Å²) in [4.78, 5) is 0. The lowest BCUT2D eigenvalue weighted by molar-refractivity contribution is 0.0806. The molecule has 2 nitrogen and oxygen atoms in total. The SMILES string of the molecule is CC=CCOC(C)CCNC(C)(C)C. The van der Waals surface area contributed by atoms with Gasteiger partial charge in [-0.3, -0.25) is 0 Å². The highest BCUT2D eigenvalue weighted by Crippen LogP contribution is 2.01. The summed E-state index contributed by atoms with van der Waals surface area (Å²) in [5.74, 6) is 0. The van der Waals surface area contributed by atoms with Crippen LogP contribution in [0.15, 0.2) is 12.2 Å². The molecule has 14 heavy (non-hydrogen) atoms. The highest BCUT2D eigenvalue weighted by molar-refractivity contribution is 4.76. The average Bonchev–Trinajstić information content (AvgIpc) is 2.02. The molecule has 0 amide bonds. The molecule has 0 aromatic heterocycles. The van der Waals surface area contributed by atoms with E-state index in [0.29, 0.717) is 6.10 Å². The van der Waals surface area contributed by atoms with Gasteiger partial charge in [0.05, 0.1) is 12.7 Å². The summed E-state index contributed by atoms with van der Waals surface area (Å²) in [5, 5.41) is 3.45. The molecule has 0 aliphatic rings. The van der Waals surface area contributed by atoms with E-state index in [1.165, 1.54) is 0 Å². The molecule has 0 aromatic rings. The molecule has 0 fully saturated rings. The van der Waals surface area contributed by atoms with E-state index in [2.05, 4.69) is 33.0 Å². The second-order valence-electron chi connectivity index (χ2n) is 4.68. The summed E-state index contributed by atoms with van der Waals surface area (Å²) in [6.07, 6.45) is 5.45. The van der Waals surface area contributed by atoms with E-state index < -0.39 is 0 Å². The maximum atomic E-state index is 5.57. The molecule has 0 rings (SSSR count). The third kappa shape index (κ3) is 9.75. The minimum Gasteiger partial charge on any atom is -0.374 e. The topological polar surface area (TPSA) is 21.3 Å². The molecule has 0 aromatic carbocycles. The van der Waals surface area contributed by atoms with Gasteiger partial charge in [-0.25, -0.2) is 0 Å². The molecule has 0 radical (unpaired) electrons. The second kappa shape index (κ2) is 7.02. The van der Waals surface area contributed by atoms with Crippen LogP contribution in [0, 0.1) is 0 Å². The van der Waals surface area contributed by atoms with Crippen LogP contribution in [0.2, 0.25) is 0 Å². The van der Waals surface area contributed by atoms with Gasteiger partial charge in [0.1, 0.15) is 0 Å². The zero-order valence-electron chi connectivity index (χ0n) is 10.3. The number of nitrogens with one attached hydrogen (secondary N) is 1. The van der Waals surface area contributed by atoms with E-state index in [1.54, 1.807) is 0 Å². The fourth-order valence-electron chi connectivity index (χ4n) is 1.05. The van der Waals surface area contributed by atoms with Crippen molar-refractivity contribution in [1.29, 1.82) is 0 Å². The third-order valence-corrected chi connectivity index (χ3v) is 1.92. The number of ether oxygens (including phenoxy) is 1. The van der Waals surface area contributed by atoms with Crippen molar-refractivity contribution in [3.63, 3.8) is 0 Å². The molecule has 0 heterocycles. The van der Waals surface area contributed by atoms with Crippen LogP contribution in [0.5, 0.6) is 0 Å². The van der Waals surface area contributed by atoms with Crippen molar-refractivity contribution in [2.75, 3.05) is 13.2 Å². The third-order valence-electron chi connectivity index (χ3n) is 1.92. The molecule has 0 saturated carbocycles. The van der Waals surface area contributed by atoms with Gasteiger partial charge < -0.3 is 10.1 Å². The zero-order valence-corrected chi connectivity index (χ0v) is 10.3. The Balaban J connectivity index is 3.40. The lowest BCUT2D eigenvalue weighted by atomic mass is 10.1. The first kappa shape index (κ1) is 13.7. The largest absolute Gasteiger partial charge is 0.374 e. The number of hydrogen-bond acceptors (Lipinski definition) is 2. The van der Waals surface area contributed by atoms with Crippen LogP contribution in [0.3, 0.4) is 0 Å². The van der Waals surface area contributed by atoms with Gasteiger partial charge in [0, 0.05) is 5.54 Å². The minimum atomic E-state index is 0.211. The first-order chi connectivity index (χ1) is 6.45. The Labute approximate surface area is 88.7 Å². The van der Waals surface area contributed by atoms with Crippen LogP contribution in [0.25, 0.3) is 0 Å². The summed E-state index contributed by atoms with van der Waals surface area (Å²) in [6.45, 7) is 12.4. The average molecular weight is 199 g/mol. The quantitative estimate of drug-likeness (QED) is 0.664. The first-order valence-electron chi connectivity index (χ1n) is 5.43. The van der Waals surface area contributed by atoms with Crippen LogP contribution in [0.1, 0.15) is 41.0 Å². The number of rotatable bonds is 6. The van der Waals surface area contributed by atoms with Gasteiger partial charge in [0.25, 0.3) is 0 Å². The Morgan fingerprint density at radius 3 is 2.50 bits per heavy atom. The van der Waals surface area contributed by atoms with Gasteiger partial charge in [0.15, 0.2) is 0 Å². The first-order valence-corrected chi connectivity index (χ1v) is 5.43.